The van der Waals surface area contributed by atoms with Gasteiger partial charge in [-0.25, -0.2) is 9.97 Å². The van der Waals surface area contributed by atoms with Crippen molar-refractivity contribution in [1.29, 1.82) is 0 Å². The van der Waals surface area contributed by atoms with Gasteiger partial charge < -0.3 is 23.5 Å². The highest BCUT2D eigenvalue weighted by atomic mass is 16.4. The van der Waals surface area contributed by atoms with Crippen molar-refractivity contribution >= 4 is 33.6 Å². The van der Waals surface area contributed by atoms with Crippen LogP contribution in [-0.4, -0.2) is 85.2 Å². The summed E-state index contributed by atoms with van der Waals surface area (Å²) < 4.78 is 12.8. The topological polar surface area (TPSA) is 65.0 Å². The van der Waals surface area contributed by atoms with Crippen LogP contribution in [0.4, 0.5) is 11.4 Å². The molecule has 0 amide bonds. The van der Waals surface area contributed by atoms with E-state index in [1.807, 2.05) is 12.1 Å². The number of aromatic nitrogens is 2. The largest absolute Gasteiger partial charge is 0.436 e. The summed E-state index contributed by atoms with van der Waals surface area (Å²) in [5, 5.41) is 0. The molecular formula is C42H56N6O2. The van der Waals surface area contributed by atoms with Crippen molar-refractivity contribution in [3.8, 4) is 22.9 Å². The van der Waals surface area contributed by atoms with Crippen molar-refractivity contribution in [2.75, 3.05) is 63.2 Å². The Morgan fingerprint density at radius 3 is 1.58 bits per heavy atom. The van der Waals surface area contributed by atoms with Crippen molar-refractivity contribution in [3.63, 3.8) is 0 Å². The molecule has 2 fully saturated rings. The Balaban J connectivity index is 1.16. The molecule has 2 aromatic heterocycles. The predicted octanol–water partition coefficient (Wildman–Crippen LogP) is 9.10. The SMILES string of the molecule is CC(C)c1cc(-c2nc3cc4nc(-c5ccc(N6CC(C(C)C)N(C)C(C(C)C)C6)cc5)oc4cc3o2)cc(C(C)C)c1N1CCN(C)CC1. The van der Waals surface area contributed by atoms with Crippen LogP contribution in [-0.2, 0) is 0 Å². The first-order valence-corrected chi connectivity index (χ1v) is 18.8. The van der Waals surface area contributed by atoms with E-state index in [1.165, 1.54) is 22.5 Å². The third-order valence-electron chi connectivity index (χ3n) is 11.3. The van der Waals surface area contributed by atoms with Crippen LogP contribution in [0, 0.1) is 11.8 Å². The Hall–Kier alpha value is -3.88. The average Bonchev–Trinajstić information content (AvgIpc) is 3.70. The van der Waals surface area contributed by atoms with E-state index < -0.39 is 0 Å². The molecule has 2 atom stereocenters. The number of anilines is 2. The molecule has 50 heavy (non-hydrogen) atoms. The second-order valence-electron chi connectivity index (χ2n) is 16.2. The molecule has 0 N–H and O–H groups in total. The third-order valence-corrected chi connectivity index (χ3v) is 11.3. The zero-order valence-electron chi connectivity index (χ0n) is 31.8. The number of nitrogens with zero attached hydrogens (tertiary/aromatic N) is 6. The Morgan fingerprint density at radius 1 is 0.600 bits per heavy atom. The molecule has 4 heterocycles. The number of rotatable bonds is 8. The predicted molar refractivity (Wildman–Crippen MR) is 208 cm³/mol. The van der Waals surface area contributed by atoms with Gasteiger partial charge in [-0.05, 0) is 91.4 Å². The number of piperazine rings is 2. The van der Waals surface area contributed by atoms with Crippen LogP contribution >= 0.6 is 0 Å². The van der Waals surface area contributed by atoms with Gasteiger partial charge in [-0.2, -0.15) is 0 Å². The van der Waals surface area contributed by atoms with Crippen molar-refractivity contribution in [2.45, 2.75) is 79.3 Å². The molecule has 2 aliphatic rings. The highest BCUT2D eigenvalue weighted by Gasteiger charge is 2.35. The van der Waals surface area contributed by atoms with Gasteiger partial charge in [0, 0.05) is 79.9 Å². The third kappa shape index (κ3) is 6.53. The monoisotopic (exact) mass is 676 g/mol. The van der Waals surface area contributed by atoms with E-state index in [0.717, 1.165) is 61.4 Å². The Kier molecular flexibility index (Phi) is 9.46. The molecule has 2 aliphatic heterocycles. The molecule has 5 aromatic rings. The molecule has 2 unspecified atom stereocenters. The van der Waals surface area contributed by atoms with E-state index in [4.69, 9.17) is 18.8 Å². The van der Waals surface area contributed by atoms with Gasteiger partial charge in [0.25, 0.3) is 0 Å². The minimum Gasteiger partial charge on any atom is -0.436 e. The van der Waals surface area contributed by atoms with Crippen LogP contribution in [0.25, 0.3) is 45.1 Å². The van der Waals surface area contributed by atoms with Gasteiger partial charge >= 0.3 is 0 Å². The number of oxazole rings is 2. The van der Waals surface area contributed by atoms with Gasteiger partial charge in [0.2, 0.25) is 11.8 Å². The molecule has 266 valence electrons. The fourth-order valence-corrected chi connectivity index (χ4v) is 8.09. The van der Waals surface area contributed by atoms with Crippen LogP contribution in [0.5, 0.6) is 0 Å². The van der Waals surface area contributed by atoms with Crippen molar-refractivity contribution < 1.29 is 8.83 Å². The van der Waals surface area contributed by atoms with Gasteiger partial charge in [-0.3, -0.25) is 4.90 Å². The quantitative estimate of drug-likeness (QED) is 0.161. The lowest BCUT2D eigenvalue weighted by Crippen LogP contribution is -2.60. The van der Waals surface area contributed by atoms with Crippen LogP contribution < -0.4 is 9.80 Å². The van der Waals surface area contributed by atoms with Gasteiger partial charge in [0.15, 0.2) is 11.2 Å². The minimum atomic E-state index is 0.376. The van der Waals surface area contributed by atoms with Crippen LogP contribution in [0.3, 0.4) is 0 Å². The first kappa shape index (κ1) is 34.6. The molecule has 0 bridgehead atoms. The van der Waals surface area contributed by atoms with Gasteiger partial charge in [-0.15, -0.1) is 0 Å². The van der Waals surface area contributed by atoms with Gasteiger partial charge in [0.1, 0.15) is 11.0 Å². The molecule has 2 saturated heterocycles. The first-order valence-electron chi connectivity index (χ1n) is 18.8. The lowest BCUT2D eigenvalue weighted by atomic mass is 9.89. The molecule has 8 nitrogen and oxygen atoms in total. The highest BCUT2D eigenvalue weighted by Crippen LogP contribution is 2.41. The maximum absolute atomic E-state index is 6.46. The van der Waals surface area contributed by atoms with Crippen molar-refractivity contribution in [1.82, 2.24) is 19.8 Å². The summed E-state index contributed by atoms with van der Waals surface area (Å²) in [4.78, 5) is 20.1. The zero-order chi connectivity index (χ0) is 35.4. The van der Waals surface area contributed by atoms with E-state index in [-0.39, 0.29) is 0 Å². The number of likely N-dealkylation sites (N-methyl/N-ethyl adjacent to an activating group) is 2. The molecule has 0 spiro atoms. The second-order valence-corrected chi connectivity index (χ2v) is 16.2. The Labute approximate surface area is 298 Å². The van der Waals surface area contributed by atoms with E-state index in [1.54, 1.807) is 0 Å². The van der Waals surface area contributed by atoms with E-state index in [0.29, 0.717) is 58.7 Å². The number of hydrogen-bond donors (Lipinski definition) is 0. The maximum Gasteiger partial charge on any atom is 0.227 e. The van der Waals surface area contributed by atoms with Gasteiger partial charge in [-0.1, -0.05) is 55.4 Å². The summed E-state index contributed by atoms with van der Waals surface area (Å²) in [5.74, 6) is 3.19. The highest BCUT2D eigenvalue weighted by molar-refractivity contribution is 5.91. The maximum atomic E-state index is 6.46. The first-order chi connectivity index (χ1) is 23.9. The number of benzene rings is 3. The zero-order valence-corrected chi connectivity index (χ0v) is 31.8. The van der Waals surface area contributed by atoms with Crippen LogP contribution in [0.15, 0.2) is 57.4 Å². The lowest BCUT2D eigenvalue weighted by molar-refractivity contribution is 0.0858. The second kappa shape index (κ2) is 13.7. The van der Waals surface area contributed by atoms with Crippen molar-refractivity contribution in [3.05, 3.63) is 59.7 Å². The lowest BCUT2D eigenvalue weighted by Gasteiger charge is -2.49. The molecule has 0 radical (unpaired) electrons. The Morgan fingerprint density at radius 2 is 1.10 bits per heavy atom. The molecular weight excluding hydrogens is 621 g/mol. The summed E-state index contributed by atoms with van der Waals surface area (Å²) in [7, 11) is 4.51. The summed E-state index contributed by atoms with van der Waals surface area (Å²) in [6.45, 7) is 24.8. The van der Waals surface area contributed by atoms with Crippen molar-refractivity contribution in [2.24, 2.45) is 11.8 Å². The average molecular weight is 677 g/mol. The minimum absolute atomic E-state index is 0.376. The molecule has 3 aromatic carbocycles. The normalized spacial score (nSPS) is 19.8. The summed E-state index contributed by atoms with van der Waals surface area (Å²) in [6, 6.07) is 18.3. The van der Waals surface area contributed by atoms with E-state index >= 15 is 0 Å². The standard InChI is InChI=1S/C42H56N6O2/c1-25(2)32-19-30(20-33(26(3)4)40(32)47-17-15-45(9)16-18-47)42-44-35-21-34-38(22-39(35)50-42)49-41(43-34)29-11-13-31(14-12-29)48-23-36(27(5)6)46(10)37(24-48)28(7)8/h11-14,19-22,25-28,36-37H,15-18,23-24H2,1-10H3. The molecule has 0 saturated carbocycles. The van der Waals surface area contributed by atoms with E-state index in [2.05, 4.69) is 125 Å². The fraction of sp³-hybridized carbons (Fsp3) is 0.524. The van der Waals surface area contributed by atoms with Gasteiger partial charge in [0.05, 0.1) is 0 Å². The molecule has 8 heteroatoms. The summed E-state index contributed by atoms with van der Waals surface area (Å²) >= 11 is 0. The molecule has 0 aliphatic carbocycles. The van der Waals surface area contributed by atoms with Crippen LogP contribution in [0.2, 0.25) is 0 Å². The number of fused-ring (bicyclic) bond motifs is 2. The number of hydrogen-bond acceptors (Lipinski definition) is 8. The summed E-state index contributed by atoms with van der Waals surface area (Å²) in [5.41, 5.74) is 10.3. The fourth-order valence-electron chi connectivity index (χ4n) is 8.09. The molecule has 7 rings (SSSR count). The van der Waals surface area contributed by atoms with E-state index in [9.17, 15) is 0 Å². The summed E-state index contributed by atoms with van der Waals surface area (Å²) in [6.07, 6.45) is 0. The smallest absolute Gasteiger partial charge is 0.227 e. The Bertz CT molecular complexity index is 1850. The van der Waals surface area contributed by atoms with Crippen LogP contribution in [0.1, 0.15) is 78.4 Å².